The van der Waals surface area contributed by atoms with Crippen molar-refractivity contribution < 1.29 is 27.9 Å². The van der Waals surface area contributed by atoms with E-state index < -0.39 is 35.7 Å². The minimum Gasteiger partial charge on any atom is -0.504 e. The van der Waals surface area contributed by atoms with E-state index in [0.717, 1.165) is 16.6 Å². The molecule has 284 valence electrons. The number of benzene rings is 2. The highest BCUT2D eigenvalue weighted by Gasteiger charge is 2.32. The van der Waals surface area contributed by atoms with Gasteiger partial charge in [0.25, 0.3) is 17.0 Å². The van der Waals surface area contributed by atoms with Crippen molar-refractivity contribution in [2.75, 3.05) is 36.4 Å². The standard InChI is InChI=1S/C35H31ClF3N11O5/c1-4-25-28(47-9-11-48(12-10-47)32(54)27-29(52)18(2)40-16-41-27)33(55)50-34(44-30(45-50)19-5-7-23-21(13-19)31(53)46(3)17-42-23)49(25)15-26(51)43-24-8-6-20(14-22(24)36)35(37,38)39/h5-8,13-14,16-17,52H,4,9-12,15H2,1-3H3,(H,43,51). The van der Waals surface area contributed by atoms with E-state index in [1.807, 2.05) is 0 Å². The molecule has 0 radical (unpaired) electrons. The first-order valence-corrected chi connectivity index (χ1v) is 17.2. The highest BCUT2D eigenvalue weighted by Crippen LogP contribution is 2.34. The molecule has 20 heteroatoms. The van der Waals surface area contributed by atoms with E-state index in [4.69, 9.17) is 11.6 Å². The van der Waals surface area contributed by atoms with Gasteiger partial charge in [0, 0.05) is 38.8 Å². The van der Waals surface area contributed by atoms with Crippen LogP contribution in [0.5, 0.6) is 5.75 Å². The van der Waals surface area contributed by atoms with E-state index >= 15 is 0 Å². The number of nitrogens with zero attached hydrogens (tertiary/aromatic N) is 10. The first-order valence-electron chi connectivity index (χ1n) is 16.9. The van der Waals surface area contributed by atoms with E-state index in [1.165, 1.54) is 26.7 Å². The molecule has 1 aliphatic rings. The van der Waals surface area contributed by atoms with Gasteiger partial charge in [0.1, 0.15) is 18.6 Å². The van der Waals surface area contributed by atoms with Crippen LogP contribution in [0.25, 0.3) is 28.1 Å². The van der Waals surface area contributed by atoms with Crippen molar-refractivity contribution in [1.82, 2.24) is 43.6 Å². The lowest BCUT2D eigenvalue weighted by Gasteiger charge is -2.36. The third kappa shape index (κ3) is 6.82. The molecule has 0 atom stereocenters. The lowest BCUT2D eigenvalue weighted by atomic mass is 10.1. The second-order valence-corrected chi connectivity index (χ2v) is 13.2. The number of anilines is 2. The van der Waals surface area contributed by atoms with Gasteiger partial charge < -0.3 is 29.4 Å². The van der Waals surface area contributed by atoms with Gasteiger partial charge in [0.15, 0.2) is 17.3 Å². The molecule has 0 unspecified atom stereocenters. The Balaban J connectivity index is 1.29. The van der Waals surface area contributed by atoms with Crippen molar-refractivity contribution in [3.05, 3.63) is 97.4 Å². The number of hydrogen-bond acceptors (Lipinski definition) is 11. The summed E-state index contributed by atoms with van der Waals surface area (Å²) in [5.41, 5.74) is -0.401. The smallest absolute Gasteiger partial charge is 0.416 e. The van der Waals surface area contributed by atoms with Crippen molar-refractivity contribution in [1.29, 1.82) is 0 Å². The van der Waals surface area contributed by atoms with Gasteiger partial charge in [-0.05, 0) is 49.7 Å². The van der Waals surface area contributed by atoms with Gasteiger partial charge >= 0.3 is 6.18 Å². The first-order chi connectivity index (χ1) is 26.2. The molecule has 5 heterocycles. The van der Waals surface area contributed by atoms with Crippen LogP contribution in [0.15, 0.2) is 58.6 Å². The predicted molar refractivity (Wildman–Crippen MR) is 194 cm³/mol. The second-order valence-electron chi connectivity index (χ2n) is 12.8. The van der Waals surface area contributed by atoms with Crippen molar-refractivity contribution in [2.45, 2.75) is 33.0 Å². The molecule has 2 amide bonds. The number of carbonyl (C=O) groups excluding carboxylic acids is 2. The summed E-state index contributed by atoms with van der Waals surface area (Å²) in [7, 11) is 1.56. The van der Waals surface area contributed by atoms with Crippen LogP contribution in [0.3, 0.4) is 0 Å². The molecular formula is C35H31ClF3N11O5. The molecule has 1 aliphatic heterocycles. The van der Waals surface area contributed by atoms with Crippen LogP contribution in [0.4, 0.5) is 24.5 Å². The quantitative estimate of drug-likeness (QED) is 0.242. The Hall–Kier alpha value is -6.37. The molecule has 0 saturated carbocycles. The number of aromatic nitrogens is 8. The summed E-state index contributed by atoms with van der Waals surface area (Å²) < 4.78 is 43.7. The van der Waals surface area contributed by atoms with Crippen LogP contribution < -0.4 is 21.3 Å². The molecule has 2 N–H and O–H groups in total. The minimum atomic E-state index is -4.64. The van der Waals surface area contributed by atoms with Crippen LogP contribution in [0, 0.1) is 6.92 Å². The van der Waals surface area contributed by atoms with E-state index in [1.54, 1.807) is 44.0 Å². The molecule has 7 rings (SSSR count). The van der Waals surface area contributed by atoms with Gasteiger partial charge in [-0.1, -0.05) is 18.5 Å². The highest BCUT2D eigenvalue weighted by atomic mass is 35.5. The summed E-state index contributed by atoms with van der Waals surface area (Å²) in [6.45, 7) is 3.53. The number of aromatic hydroxyl groups is 1. The maximum atomic E-state index is 14.4. The highest BCUT2D eigenvalue weighted by molar-refractivity contribution is 6.33. The molecule has 16 nitrogen and oxygen atoms in total. The maximum Gasteiger partial charge on any atom is 0.416 e. The van der Waals surface area contributed by atoms with E-state index in [2.05, 4.69) is 30.4 Å². The largest absolute Gasteiger partial charge is 0.504 e. The lowest BCUT2D eigenvalue weighted by Crippen LogP contribution is -2.51. The van der Waals surface area contributed by atoms with Crippen LogP contribution in [-0.4, -0.2) is 86.7 Å². The summed E-state index contributed by atoms with van der Waals surface area (Å²) in [4.78, 5) is 74.2. The Morgan fingerprint density at radius 2 is 1.75 bits per heavy atom. The zero-order valence-corrected chi connectivity index (χ0v) is 30.2. The van der Waals surface area contributed by atoms with Crippen LogP contribution in [0.1, 0.15) is 34.4 Å². The average Bonchev–Trinajstić information content (AvgIpc) is 3.62. The van der Waals surface area contributed by atoms with E-state index in [-0.39, 0.29) is 88.7 Å². The molecule has 1 saturated heterocycles. The zero-order valence-electron chi connectivity index (χ0n) is 29.4. The number of piperazine rings is 1. The molecule has 0 bridgehead atoms. The Morgan fingerprint density at radius 1 is 1.00 bits per heavy atom. The number of hydrogen-bond donors (Lipinski definition) is 2. The Morgan fingerprint density at radius 3 is 2.44 bits per heavy atom. The van der Waals surface area contributed by atoms with Gasteiger partial charge in [0.05, 0.1) is 44.9 Å². The monoisotopic (exact) mass is 777 g/mol. The van der Waals surface area contributed by atoms with E-state index in [0.29, 0.717) is 22.8 Å². The zero-order chi connectivity index (χ0) is 39.3. The third-order valence-corrected chi connectivity index (χ3v) is 9.61. The fourth-order valence-corrected chi connectivity index (χ4v) is 6.66. The van der Waals surface area contributed by atoms with Gasteiger partial charge in [-0.2, -0.15) is 22.7 Å². The number of alkyl halides is 3. The van der Waals surface area contributed by atoms with Crippen LogP contribution in [-0.2, 0) is 31.0 Å². The Labute approximate surface area is 313 Å². The summed E-state index contributed by atoms with van der Waals surface area (Å²) in [5, 5.41) is 17.4. The van der Waals surface area contributed by atoms with Crippen molar-refractivity contribution in [2.24, 2.45) is 7.05 Å². The summed E-state index contributed by atoms with van der Waals surface area (Å²) in [6.07, 6.45) is -1.84. The summed E-state index contributed by atoms with van der Waals surface area (Å²) in [5.74, 6) is -1.46. The molecule has 0 aliphatic carbocycles. The van der Waals surface area contributed by atoms with Crippen molar-refractivity contribution >= 4 is 51.5 Å². The number of halogens is 4. The van der Waals surface area contributed by atoms with Gasteiger partial charge in [-0.15, -0.1) is 5.10 Å². The normalized spacial score (nSPS) is 13.5. The minimum absolute atomic E-state index is 0.0168. The summed E-state index contributed by atoms with van der Waals surface area (Å²) >= 11 is 6.13. The second kappa shape index (κ2) is 14.1. The molecule has 2 aromatic carbocycles. The summed E-state index contributed by atoms with van der Waals surface area (Å²) in [6, 6.07) is 7.38. The lowest BCUT2D eigenvalue weighted by molar-refractivity contribution is -0.137. The fraction of sp³-hybridized carbons (Fsp3) is 0.286. The number of amides is 2. The number of fused-ring (bicyclic) bond motifs is 2. The Kier molecular flexibility index (Phi) is 9.49. The third-order valence-electron chi connectivity index (χ3n) is 9.30. The van der Waals surface area contributed by atoms with Crippen LogP contribution in [0.2, 0.25) is 5.02 Å². The van der Waals surface area contributed by atoms with Crippen molar-refractivity contribution in [3.8, 4) is 17.1 Å². The number of rotatable bonds is 7. The van der Waals surface area contributed by atoms with Crippen LogP contribution >= 0.6 is 11.6 Å². The molecule has 4 aromatic heterocycles. The van der Waals surface area contributed by atoms with Gasteiger partial charge in [0.2, 0.25) is 11.7 Å². The number of nitrogens with one attached hydrogen (secondary N) is 1. The fourth-order valence-electron chi connectivity index (χ4n) is 6.43. The SMILES string of the molecule is CCc1c(N2CCN(C(=O)c3ncnc(C)c3O)CC2)c(=O)n2nc(-c3ccc4ncn(C)c(=O)c4c3)nc2n1CC(=O)Nc1ccc(C(F)(F)F)cc1Cl. The molecular weight excluding hydrogens is 747 g/mol. The molecule has 55 heavy (non-hydrogen) atoms. The molecule has 6 aromatic rings. The average molecular weight is 778 g/mol. The molecule has 1 fully saturated rings. The molecule has 0 spiro atoms. The maximum absolute atomic E-state index is 14.4. The number of aryl methyl sites for hydroxylation is 2. The number of carbonyl (C=O) groups is 2. The van der Waals surface area contributed by atoms with E-state index in [9.17, 15) is 37.5 Å². The first kappa shape index (κ1) is 37.0. The van der Waals surface area contributed by atoms with Gasteiger partial charge in [-0.3, -0.25) is 19.2 Å². The van der Waals surface area contributed by atoms with Gasteiger partial charge in [-0.25, -0.2) is 15.0 Å². The Bertz CT molecular complexity index is 2650. The topological polar surface area (TPSA) is 186 Å². The van der Waals surface area contributed by atoms with Crippen molar-refractivity contribution in [3.63, 3.8) is 0 Å². The predicted octanol–water partition coefficient (Wildman–Crippen LogP) is 3.44.